The number of hydrogen-bond donors (Lipinski definition) is 1. The number of halogens is 1. The van der Waals surface area contributed by atoms with E-state index < -0.39 is 0 Å². The van der Waals surface area contributed by atoms with Gasteiger partial charge >= 0.3 is 0 Å². The first kappa shape index (κ1) is 11.1. The summed E-state index contributed by atoms with van der Waals surface area (Å²) in [6, 6.07) is 6.14. The fourth-order valence-corrected chi connectivity index (χ4v) is 3.21. The van der Waals surface area contributed by atoms with Crippen molar-refractivity contribution in [1.82, 2.24) is 9.97 Å². The zero-order valence-corrected chi connectivity index (χ0v) is 11.9. The van der Waals surface area contributed by atoms with Crippen molar-refractivity contribution in [3.8, 4) is 0 Å². The average Bonchev–Trinajstić information content (AvgIpc) is 2.94. The molecule has 0 atom stereocenters. The number of thiazole rings is 2. The molecule has 0 saturated heterocycles. The highest BCUT2D eigenvalue weighted by atomic mass is 79.9. The van der Waals surface area contributed by atoms with Crippen LogP contribution >= 0.6 is 38.6 Å². The molecular weight excluding hydrogens is 318 g/mol. The van der Waals surface area contributed by atoms with Crippen LogP contribution in [0.4, 0.5) is 5.13 Å². The zero-order valence-electron chi connectivity index (χ0n) is 8.68. The van der Waals surface area contributed by atoms with Crippen LogP contribution in [0.15, 0.2) is 34.2 Å². The lowest BCUT2D eigenvalue weighted by atomic mass is 10.3. The fourth-order valence-electron chi connectivity index (χ4n) is 1.47. The minimum Gasteiger partial charge on any atom is -0.355 e. The lowest BCUT2D eigenvalue weighted by Crippen LogP contribution is -1.97. The van der Waals surface area contributed by atoms with Crippen molar-refractivity contribution in [3.05, 3.63) is 39.3 Å². The Kier molecular flexibility index (Phi) is 3.09. The maximum atomic E-state index is 4.53. The van der Waals surface area contributed by atoms with Gasteiger partial charge in [-0.2, -0.15) is 0 Å². The highest BCUT2D eigenvalue weighted by molar-refractivity contribution is 9.10. The molecule has 2 heterocycles. The monoisotopic (exact) mass is 325 g/mol. The molecule has 3 rings (SSSR count). The second-order valence-electron chi connectivity index (χ2n) is 3.41. The first-order chi connectivity index (χ1) is 8.31. The molecule has 0 spiro atoms. The van der Waals surface area contributed by atoms with Gasteiger partial charge in [0.05, 0.1) is 16.8 Å². The van der Waals surface area contributed by atoms with Crippen LogP contribution < -0.4 is 5.32 Å². The van der Waals surface area contributed by atoms with E-state index in [2.05, 4.69) is 37.3 Å². The number of aromatic nitrogens is 2. The van der Waals surface area contributed by atoms with Crippen molar-refractivity contribution in [1.29, 1.82) is 0 Å². The Labute approximate surface area is 115 Å². The number of fused-ring (bicyclic) bond motifs is 1. The van der Waals surface area contributed by atoms with Gasteiger partial charge in [-0.15, -0.1) is 11.3 Å². The van der Waals surface area contributed by atoms with Crippen molar-refractivity contribution >= 4 is 54.0 Å². The molecule has 0 fully saturated rings. The van der Waals surface area contributed by atoms with Gasteiger partial charge in [0.1, 0.15) is 5.01 Å². The normalized spacial score (nSPS) is 10.9. The van der Waals surface area contributed by atoms with Crippen LogP contribution in [-0.2, 0) is 6.54 Å². The van der Waals surface area contributed by atoms with Gasteiger partial charge in [0.2, 0.25) is 0 Å². The van der Waals surface area contributed by atoms with E-state index in [0.717, 1.165) is 26.7 Å². The Morgan fingerprint density at radius 3 is 3.12 bits per heavy atom. The highest BCUT2D eigenvalue weighted by Gasteiger charge is 2.04. The largest absolute Gasteiger partial charge is 0.355 e. The third-order valence-electron chi connectivity index (χ3n) is 2.22. The van der Waals surface area contributed by atoms with Gasteiger partial charge in [0, 0.05) is 16.0 Å². The summed E-state index contributed by atoms with van der Waals surface area (Å²) in [5.41, 5.74) is 1.02. The molecule has 3 aromatic rings. The van der Waals surface area contributed by atoms with E-state index in [1.54, 1.807) is 22.7 Å². The first-order valence-corrected chi connectivity index (χ1v) is 7.48. The minimum atomic E-state index is 0.735. The van der Waals surface area contributed by atoms with E-state index in [0.29, 0.717) is 0 Å². The molecule has 0 aliphatic heterocycles. The predicted octanol–water partition coefficient (Wildman–Crippen LogP) is 4.13. The average molecular weight is 326 g/mol. The molecule has 2 aromatic heterocycles. The molecule has 17 heavy (non-hydrogen) atoms. The lowest BCUT2D eigenvalue weighted by Gasteiger charge is -1.96. The molecular formula is C11H8BrN3S2. The van der Waals surface area contributed by atoms with E-state index >= 15 is 0 Å². The van der Waals surface area contributed by atoms with Crippen LogP contribution in [-0.4, -0.2) is 9.97 Å². The molecule has 86 valence electrons. The summed E-state index contributed by atoms with van der Waals surface area (Å²) in [4.78, 5) is 8.75. The van der Waals surface area contributed by atoms with E-state index in [4.69, 9.17) is 0 Å². The van der Waals surface area contributed by atoms with Crippen LogP contribution in [0.5, 0.6) is 0 Å². The SMILES string of the molecule is Brc1ccc2sc(NCc3nccs3)nc2c1. The highest BCUT2D eigenvalue weighted by Crippen LogP contribution is 2.28. The van der Waals surface area contributed by atoms with Gasteiger partial charge in [-0.05, 0) is 18.2 Å². The number of anilines is 1. The summed E-state index contributed by atoms with van der Waals surface area (Å²) in [7, 11) is 0. The van der Waals surface area contributed by atoms with Gasteiger partial charge < -0.3 is 5.32 Å². The van der Waals surface area contributed by atoms with E-state index in [1.807, 2.05) is 23.7 Å². The van der Waals surface area contributed by atoms with Gasteiger partial charge in [0.15, 0.2) is 5.13 Å². The van der Waals surface area contributed by atoms with Crippen LogP contribution in [0.2, 0.25) is 0 Å². The van der Waals surface area contributed by atoms with Crippen LogP contribution in [0, 0.1) is 0 Å². The third kappa shape index (κ3) is 2.48. The topological polar surface area (TPSA) is 37.8 Å². The van der Waals surface area contributed by atoms with Crippen LogP contribution in [0.25, 0.3) is 10.2 Å². The zero-order chi connectivity index (χ0) is 11.7. The molecule has 0 saturated carbocycles. The minimum absolute atomic E-state index is 0.735. The van der Waals surface area contributed by atoms with Gasteiger partial charge in [-0.25, -0.2) is 9.97 Å². The summed E-state index contributed by atoms with van der Waals surface area (Å²) in [6.07, 6.45) is 1.82. The molecule has 3 nitrogen and oxygen atoms in total. The smallest absolute Gasteiger partial charge is 0.184 e. The third-order valence-corrected chi connectivity index (χ3v) is 4.49. The summed E-state index contributed by atoms with van der Waals surface area (Å²) >= 11 is 6.76. The van der Waals surface area contributed by atoms with Crippen molar-refractivity contribution in [2.45, 2.75) is 6.54 Å². The standard InChI is InChI=1S/C11H8BrN3S2/c12-7-1-2-9-8(5-7)15-11(17-9)14-6-10-13-3-4-16-10/h1-5H,6H2,(H,14,15). The summed E-state index contributed by atoms with van der Waals surface area (Å²) in [5.74, 6) is 0. The first-order valence-electron chi connectivity index (χ1n) is 4.99. The summed E-state index contributed by atoms with van der Waals surface area (Å²) in [5, 5.41) is 7.29. The second-order valence-corrected chi connectivity index (χ2v) is 6.34. The van der Waals surface area contributed by atoms with Crippen LogP contribution in [0.3, 0.4) is 0 Å². The van der Waals surface area contributed by atoms with Crippen LogP contribution in [0.1, 0.15) is 5.01 Å². The van der Waals surface area contributed by atoms with Crippen molar-refractivity contribution < 1.29 is 0 Å². The van der Waals surface area contributed by atoms with Crippen molar-refractivity contribution in [3.63, 3.8) is 0 Å². The summed E-state index contributed by atoms with van der Waals surface area (Å²) in [6.45, 7) is 0.735. The summed E-state index contributed by atoms with van der Waals surface area (Å²) < 4.78 is 2.25. The second kappa shape index (κ2) is 4.72. The number of hydrogen-bond acceptors (Lipinski definition) is 5. The molecule has 1 N–H and O–H groups in total. The lowest BCUT2D eigenvalue weighted by molar-refractivity contribution is 1.10. The van der Waals surface area contributed by atoms with E-state index in [1.165, 1.54) is 4.70 Å². The number of nitrogens with one attached hydrogen (secondary N) is 1. The molecule has 0 radical (unpaired) electrons. The van der Waals surface area contributed by atoms with E-state index in [-0.39, 0.29) is 0 Å². The number of nitrogens with zero attached hydrogens (tertiary/aromatic N) is 2. The Morgan fingerprint density at radius 1 is 1.35 bits per heavy atom. The van der Waals surface area contributed by atoms with Gasteiger partial charge in [-0.1, -0.05) is 27.3 Å². The van der Waals surface area contributed by atoms with E-state index in [9.17, 15) is 0 Å². The maximum absolute atomic E-state index is 4.53. The maximum Gasteiger partial charge on any atom is 0.184 e. The fraction of sp³-hybridized carbons (Fsp3) is 0.0909. The predicted molar refractivity (Wildman–Crippen MR) is 76.8 cm³/mol. The van der Waals surface area contributed by atoms with Crippen molar-refractivity contribution in [2.75, 3.05) is 5.32 Å². The number of rotatable bonds is 3. The molecule has 0 aliphatic carbocycles. The van der Waals surface area contributed by atoms with Gasteiger partial charge in [0.25, 0.3) is 0 Å². The molecule has 0 unspecified atom stereocenters. The molecule has 0 aliphatic rings. The quantitative estimate of drug-likeness (QED) is 0.786. The Morgan fingerprint density at radius 2 is 2.29 bits per heavy atom. The Bertz CT molecular complexity index is 633. The number of benzene rings is 1. The molecule has 1 aromatic carbocycles. The Balaban J connectivity index is 1.81. The van der Waals surface area contributed by atoms with Gasteiger partial charge in [-0.3, -0.25) is 0 Å². The van der Waals surface area contributed by atoms with Crippen molar-refractivity contribution in [2.24, 2.45) is 0 Å². The Hall–Kier alpha value is -0.980. The molecule has 0 bridgehead atoms. The molecule has 0 amide bonds. The molecule has 6 heteroatoms.